The molecule has 0 aromatic heterocycles. The molecule has 1 nitrogen and oxygen atoms in total. The first-order chi connectivity index (χ1) is 9.56. The summed E-state index contributed by atoms with van der Waals surface area (Å²) in [4.78, 5) is 0. The average molecular weight is 347 g/mol. The van der Waals surface area contributed by atoms with E-state index in [2.05, 4.69) is 43.6 Å². The lowest BCUT2D eigenvalue weighted by Crippen LogP contribution is -2.41. The lowest BCUT2D eigenvalue weighted by Gasteiger charge is -2.41. The highest BCUT2D eigenvalue weighted by Crippen LogP contribution is 2.39. The number of halogens is 1. The van der Waals surface area contributed by atoms with Gasteiger partial charge in [0.05, 0.1) is 12.2 Å². The monoisotopic (exact) mass is 346 g/mol. The third kappa shape index (κ3) is 5.67. The summed E-state index contributed by atoms with van der Waals surface area (Å²) in [6.07, 6.45) is 10.4. The highest BCUT2D eigenvalue weighted by Gasteiger charge is 2.36. The van der Waals surface area contributed by atoms with Gasteiger partial charge in [0, 0.05) is 5.33 Å². The maximum atomic E-state index is 6.45. The van der Waals surface area contributed by atoms with Crippen LogP contribution in [0.5, 0.6) is 0 Å². The maximum Gasteiger partial charge on any atom is 0.0779 e. The highest BCUT2D eigenvalue weighted by atomic mass is 79.9. The maximum absolute atomic E-state index is 6.45. The van der Waals surface area contributed by atoms with Crippen molar-refractivity contribution in [3.05, 3.63) is 0 Å². The third-order valence-electron chi connectivity index (χ3n) is 5.30. The van der Waals surface area contributed by atoms with Gasteiger partial charge < -0.3 is 4.74 Å². The number of hydrogen-bond acceptors (Lipinski definition) is 1. The van der Waals surface area contributed by atoms with Crippen LogP contribution in [0, 0.1) is 17.8 Å². The molecule has 1 fully saturated rings. The number of unbranched alkanes of at least 4 members (excludes halogenated alkanes) is 1. The van der Waals surface area contributed by atoms with E-state index in [4.69, 9.17) is 4.74 Å². The first kappa shape index (κ1) is 18.5. The second kappa shape index (κ2) is 9.46. The molecule has 0 bridgehead atoms. The molecule has 1 aliphatic rings. The van der Waals surface area contributed by atoms with Crippen LogP contribution in [0.3, 0.4) is 0 Å². The first-order valence-electron chi connectivity index (χ1n) is 8.76. The van der Waals surface area contributed by atoms with Gasteiger partial charge in [0.25, 0.3) is 0 Å². The van der Waals surface area contributed by atoms with Gasteiger partial charge in [-0.3, -0.25) is 0 Å². The minimum Gasteiger partial charge on any atom is -0.374 e. The molecule has 0 heterocycles. The highest BCUT2D eigenvalue weighted by molar-refractivity contribution is 9.09. The molecular weight excluding hydrogens is 312 g/mol. The van der Waals surface area contributed by atoms with Crippen molar-refractivity contribution in [2.24, 2.45) is 17.8 Å². The zero-order valence-electron chi connectivity index (χ0n) is 14.1. The Morgan fingerprint density at radius 2 is 1.85 bits per heavy atom. The first-order valence-corrected chi connectivity index (χ1v) is 9.89. The fourth-order valence-electron chi connectivity index (χ4n) is 3.34. The Balaban J connectivity index is 2.42. The van der Waals surface area contributed by atoms with Gasteiger partial charge in [-0.15, -0.1) is 0 Å². The predicted octanol–water partition coefficient (Wildman–Crippen LogP) is 6.20. The molecule has 120 valence electrons. The second-order valence-electron chi connectivity index (χ2n) is 7.13. The lowest BCUT2D eigenvalue weighted by atomic mass is 9.75. The summed E-state index contributed by atoms with van der Waals surface area (Å²) < 4.78 is 6.45. The molecule has 1 saturated carbocycles. The number of hydrogen-bond donors (Lipinski definition) is 0. The minimum atomic E-state index is 0.130. The zero-order valence-corrected chi connectivity index (χ0v) is 15.7. The quantitative estimate of drug-likeness (QED) is 0.451. The molecule has 1 unspecified atom stereocenters. The normalized spacial score (nSPS) is 28.8. The van der Waals surface area contributed by atoms with Gasteiger partial charge in [-0.25, -0.2) is 0 Å². The zero-order chi connectivity index (χ0) is 15.0. The van der Waals surface area contributed by atoms with Gasteiger partial charge in [-0.05, 0) is 49.9 Å². The third-order valence-corrected chi connectivity index (χ3v) is 6.32. The van der Waals surface area contributed by atoms with E-state index in [0.29, 0.717) is 0 Å². The summed E-state index contributed by atoms with van der Waals surface area (Å²) >= 11 is 3.72. The van der Waals surface area contributed by atoms with E-state index in [1.165, 1.54) is 51.4 Å². The van der Waals surface area contributed by atoms with Crippen LogP contribution in [0.2, 0.25) is 0 Å². The summed E-state index contributed by atoms with van der Waals surface area (Å²) in [5, 5.41) is 1.01. The lowest BCUT2D eigenvalue weighted by molar-refractivity contribution is -0.0777. The van der Waals surface area contributed by atoms with Gasteiger partial charge in [0.1, 0.15) is 0 Å². The van der Waals surface area contributed by atoms with E-state index in [0.717, 1.165) is 29.7 Å². The Bertz CT molecular complexity index is 244. The van der Waals surface area contributed by atoms with Crippen LogP contribution in [-0.2, 0) is 4.74 Å². The van der Waals surface area contributed by atoms with Crippen LogP contribution in [0.25, 0.3) is 0 Å². The predicted molar refractivity (Wildman–Crippen MR) is 92.6 cm³/mol. The fraction of sp³-hybridized carbons (Fsp3) is 1.00. The van der Waals surface area contributed by atoms with E-state index >= 15 is 0 Å². The van der Waals surface area contributed by atoms with Crippen LogP contribution in [-0.4, -0.2) is 17.5 Å². The SMILES string of the molecule is CCCCC(CC)COC1(CBr)CCC(C(C)C)CC1. The summed E-state index contributed by atoms with van der Waals surface area (Å²) in [6, 6.07) is 0. The molecule has 0 radical (unpaired) electrons. The summed E-state index contributed by atoms with van der Waals surface area (Å²) in [7, 11) is 0. The van der Waals surface area contributed by atoms with Crippen LogP contribution in [0.1, 0.15) is 79.1 Å². The average Bonchev–Trinajstić information content (AvgIpc) is 2.48. The van der Waals surface area contributed by atoms with Crippen molar-refractivity contribution in [3.8, 4) is 0 Å². The van der Waals surface area contributed by atoms with E-state index in [1.807, 2.05) is 0 Å². The van der Waals surface area contributed by atoms with Crippen molar-refractivity contribution >= 4 is 15.9 Å². The van der Waals surface area contributed by atoms with Crippen molar-refractivity contribution in [2.75, 3.05) is 11.9 Å². The van der Waals surface area contributed by atoms with Gasteiger partial charge in [0.15, 0.2) is 0 Å². The van der Waals surface area contributed by atoms with Crippen molar-refractivity contribution in [3.63, 3.8) is 0 Å². The molecule has 2 heteroatoms. The smallest absolute Gasteiger partial charge is 0.0779 e. The van der Waals surface area contributed by atoms with E-state index < -0.39 is 0 Å². The van der Waals surface area contributed by atoms with Crippen molar-refractivity contribution in [2.45, 2.75) is 84.7 Å². The molecule has 1 rings (SSSR count). The summed E-state index contributed by atoms with van der Waals surface area (Å²) in [6.45, 7) is 10.3. The Morgan fingerprint density at radius 1 is 1.20 bits per heavy atom. The Kier molecular flexibility index (Phi) is 8.74. The van der Waals surface area contributed by atoms with Gasteiger partial charge in [-0.1, -0.05) is 62.9 Å². The van der Waals surface area contributed by atoms with Gasteiger partial charge >= 0.3 is 0 Å². The van der Waals surface area contributed by atoms with Crippen LogP contribution < -0.4 is 0 Å². The summed E-state index contributed by atoms with van der Waals surface area (Å²) in [5.41, 5.74) is 0.130. The molecule has 1 atom stereocenters. The molecule has 0 saturated heterocycles. The van der Waals surface area contributed by atoms with Crippen molar-refractivity contribution < 1.29 is 4.74 Å². The topological polar surface area (TPSA) is 9.23 Å². The number of ether oxygens (including phenoxy) is 1. The minimum absolute atomic E-state index is 0.130. The molecule has 0 spiro atoms. The van der Waals surface area contributed by atoms with Crippen LogP contribution in [0.15, 0.2) is 0 Å². The molecular formula is C18H35BrO. The van der Waals surface area contributed by atoms with Gasteiger partial charge in [-0.2, -0.15) is 0 Å². The number of alkyl halides is 1. The van der Waals surface area contributed by atoms with Crippen LogP contribution >= 0.6 is 15.9 Å². The van der Waals surface area contributed by atoms with E-state index in [9.17, 15) is 0 Å². The van der Waals surface area contributed by atoms with Crippen molar-refractivity contribution in [1.29, 1.82) is 0 Å². The van der Waals surface area contributed by atoms with E-state index in [-0.39, 0.29) is 5.60 Å². The molecule has 0 aliphatic heterocycles. The van der Waals surface area contributed by atoms with Gasteiger partial charge in [0.2, 0.25) is 0 Å². The molecule has 0 aromatic rings. The Hall–Kier alpha value is 0.440. The molecule has 0 N–H and O–H groups in total. The van der Waals surface area contributed by atoms with Crippen molar-refractivity contribution in [1.82, 2.24) is 0 Å². The second-order valence-corrected chi connectivity index (χ2v) is 7.69. The summed E-state index contributed by atoms with van der Waals surface area (Å²) in [5.74, 6) is 2.50. The molecule has 20 heavy (non-hydrogen) atoms. The molecule has 0 amide bonds. The Labute approximate surface area is 135 Å². The van der Waals surface area contributed by atoms with Crippen LogP contribution in [0.4, 0.5) is 0 Å². The molecule has 1 aliphatic carbocycles. The number of rotatable bonds is 9. The Morgan fingerprint density at radius 3 is 2.30 bits per heavy atom. The fourth-order valence-corrected chi connectivity index (χ4v) is 4.06. The van der Waals surface area contributed by atoms with E-state index in [1.54, 1.807) is 0 Å². The molecule has 0 aromatic carbocycles. The standard InChI is InChI=1S/C18H35BrO/c1-5-7-8-16(6-2)13-20-18(14-19)11-9-17(10-12-18)15(3)4/h15-17H,5-14H2,1-4H3. The largest absolute Gasteiger partial charge is 0.374 e.